The van der Waals surface area contributed by atoms with Gasteiger partial charge in [-0.3, -0.25) is 4.79 Å². The number of likely N-dealkylation sites (tertiary alicyclic amines) is 1. The summed E-state index contributed by atoms with van der Waals surface area (Å²) in [5.74, 6) is 0.653. The van der Waals surface area contributed by atoms with E-state index in [9.17, 15) is 18.0 Å². The highest BCUT2D eigenvalue weighted by Gasteiger charge is 2.45. The molecule has 1 saturated heterocycles. The molecule has 2 fully saturated rings. The number of nitrogens with one attached hydrogen (secondary N) is 1. The molecule has 1 N–H and O–H groups in total. The van der Waals surface area contributed by atoms with Crippen LogP contribution in [0.3, 0.4) is 0 Å². The lowest BCUT2D eigenvalue weighted by Gasteiger charge is -2.36. The average Bonchev–Trinajstić information content (AvgIpc) is 3.28. The van der Waals surface area contributed by atoms with Crippen molar-refractivity contribution in [3.63, 3.8) is 0 Å². The molecule has 1 amide bonds. The minimum atomic E-state index is -4.45. The number of nitrogens with zero attached hydrogens (tertiary/aromatic N) is 1. The number of alkyl halides is 3. The molecule has 202 valence electrons. The fourth-order valence-corrected chi connectivity index (χ4v) is 6.13. The Bertz CT molecular complexity index is 1020. The van der Waals surface area contributed by atoms with Gasteiger partial charge in [0.15, 0.2) is 0 Å². The van der Waals surface area contributed by atoms with Crippen molar-refractivity contribution in [1.29, 1.82) is 0 Å². The average molecular weight is 517 g/mol. The van der Waals surface area contributed by atoms with E-state index in [0.29, 0.717) is 5.75 Å². The number of methoxy groups -OCH3 is 1. The largest absolute Gasteiger partial charge is 0.497 e. The van der Waals surface area contributed by atoms with Crippen molar-refractivity contribution in [1.82, 2.24) is 10.2 Å². The van der Waals surface area contributed by atoms with Crippen LogP contribution in [-0.2, 0) is 17.5 Å². The third-order valence-electron chi connectivity index (χ3n) is 8.01. The van der Waals surface area contributed by atoms with E-state index in [-0.39, 0.29) is 42.1 Å². The van der Waals surface area contributed by atoms with Gasteiger partial charge in [-0.2, -0.15) is 13.2 Å². The van der Waals surface area contributed by atoms with Crippen LogP contribution in [-0.4, -0.2) is 30.0 Å². The van der Waals surface area contributed by atoms with Crippen molar-refractivity contribution < 1.29 is 22.7 Å². The van der Waals surface area contributed by atoms with Crippen LogP contribution < -0.4 is 10.1 Å². The normalized spacial score (nSPS) is 22.8. The van der Waals surface area contributed by atoms with Gasteiger partial charge in [-0.25, -0.2) is 0 Å². The molecule has 2 aromatic carbocycles. The minimum Gasteiger partial charge on any atom is -0.497 e. The SMILES string of the molecule is CCCCC1CC(NCc2cc(OC)ccc2C(F)(F)F)C(c2ccccc2)N1C(=O)C1CCCCC1. The van der Waals surface area contributed by atoms with Crippen molar-refractivity contribution in [2.75, 3.05) is 7.11 Å². The van der Waals surface area contributed by atoms with Crippen LogP contribution in [0, 0.1) is 5.92 Å². The Morgan fingerprint density at radius 3 is 2.46 bits per heavy atom. The first kappa shape index (κ1) is 27.5. The molecule has 0 spiro atoms. The number of carbonyl (C=O) groups excluding carboxylic acids is 1. The fraction of sp³-hybridized carbons (Fsp3) is 0.567. The molecule has 3 atom stereocenters. The van der Waals surface area contributed by atoms with Gasteiger partial charge in [0.25, 0.3) is 0 Å². The van der Waals surface area contributed by atoms with Crippen molar-refractivity contribution in [2.24, 2.45) is 5.92 Å². The number of amides is 1. The van der Waals surface area contributed by atoms with Crippen LogP contribution in [0.1, 0.15) is 87.4 Å². The van der Waals surface area contributed by atoms with E-state index >= 15 is 0 Å². The van der Waals surface area contributed by atoms with E-state index in [4.69, 9.17) is 4.74 Å². The number of unbranched alkanes of at least 4 members (excludes halogenated alkanes) is 1. The summed E-state index contributed by atoms with van der Waals surface area (Å²) < 4.78 is 46.6. The van der Waals surface area contributed by atoms with E-state index in [1.807, 2.05) is 30.3 Å². The van der Waals surface area contributed by atoms with Gasteiger partial charge in [0.1, 0.15) is 5.75 Å². The number of hydrogen-bond acceptors (Lipinski definition) is 3. The van der Waals surface area contributed by atoms with Crippen molar-refractivity contribution >= 4 is 5.91 Å². The van der Waals surface area contributed by atoms with Gasteiger partial charge in [0.05, 0.1) is 18.7 Å². The summed E-state index contributed by atoms with van der Waals surface area (Å²) in [5, 5.41) is 3.46. The lowest BCUT2D eigenvalue weighted by molar-refractivity contribution is -0.140. The Kier molecular flexibility index (Phi) is 9.17. The Balaban J connectivity index is 1.65. The smallest absolute Gasteiger partial charge is 0.416 e. The third-order valence-corrected chi connectivity index (χ3v) is 8.01. The highest BCUT2D eigenvalue weighted by Crippen LogP contribution is 2.42. The standard InChI is InChI=1S/C30H39F3N2O2/c1-3-4-15-24-19-27(34-20-23-18-25(37-2)16-17-26(23)30(31,32)33)28(21-11-7-5-8-12-21)35(24)29(36)22-13-9-6-10-14-22/h5,7-8,11-12,16-18,22,24,27-28,34H,3-4,6,9-10,13-15,19-20H2,1-2H3. The third kappa shape index (κ3) is 6.49. The number of benzene rings is 2. The van der Waals surface area contributed by atoms with E-state index in [2.05, 4.69) is 17.1 Å². The van der Waals surface area contributed by atoms with Gasteiger partial charge in [0.2, 0.25) is 5.91 Å². The van der Waals surface area contributed by atoms with E-state index in [1.165, 1.54) is 25.7 Å². The molecule has 1 heterocycles. The van der Waals surface area contributed by atoms with Gasteiger partial charge in [-0.05, 0) is 55.0 Å². The van der Waals surface area contributed by atoms with E-state index < -0.39 is 11.7 Å². The first-order valence-corrected chi connectivity index (χ1v) is 13.7. The summed E-state index contributed by atoms with van der Waals surface area (Å²) in [4.78, 5) is 16.1. The number of halogens is 3. The van der Waals surface area contributed by atoms with Crippen molar-refractivity contribution in [3.05, 3.63) is 65.2 Å². The van der Waals surface area contributed by atoms with Gasteiger partial charge in [-0.1, -0.05) is 69.4 Å². The first-order valence-electron chi connectivity index (χ1n) is 13.7. The summed E-state index contributed by atoms with van der Waals surface area (Å²) in [5.41, 5.74) is 0.526. The molecule has 4 nitrogen and oxygen atoms in total. The molecule has 2 aromatic rings. The molecule has 37 heavy (non-hydrogen) atoms. The topological polar surface area (TPSA) is 41.6 Å². The minimum absolute atomic E-state index is 0.0399. The maximum atomic E-state index is 14.0. The summed E-state index contributed by atoms with van der Waals surface area (Å²) in [7, 11) is 1.45. The Hall–Kier alpha value is -2.54. The second-order valence-corrected chi connectivity index (χ2v) is 10.5. The van der Waals surface area contributed by atoms with Gasteiger partial charge < -0.3 is 15.0 Å². The molecule has 4 rings (SSSR count). The van der Waals surface area contributed by atoms with E-state index in [1.54, 1.807) is 0 Å². The van der Waals surface area contributed by atoms with Crippen LogP contribution >= 0.6 is 0 Å². The second-order valence-electron chi connectivity index (χ2n) is 10.5. The highest BCUT2D eigenvalue weighted by molar-refractivity contribution is 5.80. The molecule has 0 aromatic heterocycles. The summed E-state index contributed by atoms with van der Waals surface area (Å²) >= 11 is 0. The fourth-order valence-electron chi connectivity index (χ4n) is 6.13. The van der Waals surface area contributed by atoms with Crippen LogP contribution in [0.4, 0.5) is 13.2 Å². The monoisotopic (exact) mass is 516 g/mol. The Morgan fingerprint density at radius 1 is 1.08 bits per heavy atom. The molecular formula is C30H39F3N2O2. The van der Waals surface area contributed by atoms with E-state index in [0.717, 1.165) is 63.0 Å². The number of ether oxygens (including phenoxy) is 1. The predicted molar refractivity (Wildman–Crippen MR) is 139 cm³/mol. The maximum absolute atomic E-state index is 14.0. The van der Waals surface area contributed by atoms with Crippen molar-refractivity contribution in [2.45, 2.75) is 95.6 Å². The molecule has 7 heteroatoms. The molecule has 0 bridgehead atoms. The zero-order valence-corrected chi connectivity index (χ0v) is 21.9. The van der Waals surface area contributed by atoms with Gasteiger partial charge >= 0.3 is 6.18 Å². The molecular weight excluding hydrogens is 477 g/mol. The summed E-state index contributed by atoms with van der Waals surface area (Å²) in [6, 6.07) is 13.6. The predicted octanol–water partition coefficient (Wildman–Crippen LogP) is 7.28. The number of carbonyl (C=O) groups is 1. The zero-order chi connectivity index (χ0) is 26.4. The Labute approximate surface area is 218 Å². The van der Waals surface area contributed by atoms with Crippen LogP contribution in [0.5, 0.6) is 5.75 Å². The van der Waals surface area contributed by atoms with Gasteiger partial charge in [-0.15, -0.1) is 0 Å². The summed E-state index contributed by atoms with van der Waals surface area (Å²) in [6.45, 7) is 2.19. The highest BCUT2D eigenvalue weighted by atomic mass is 19.4. The zero-order valence-electron chi connectivity index (χ0n) is 21.9. The molecule has 1 aliphatic heterocycles. The molecule has 3 unspecified atom stereocenters. The molecule has 1 aliphatic carbocycles. The number of rotatable bonds is 9. The summed E-state index contributed by atoms with van der Waals surface area (Å²) in [6.07, 6.45) is 4.42. The lowest BCUT2D eigenvalue weighted by Crippen LogP contribution is -2.44. The first-order chi connectivity index (χ1) is 17.8. The van der Waals surface area contributed by atoms with Crippen LogP contribution in [0.2, 0.25) is 0 Å². The van der Waals surface area contributed by atoms with Gasteiger partial charge in [0, 0.05) is 24.5 Å². The van der Waals surface area contributed by atoms with Crippen LogP contribution in [0.25, 0.3) is 0 Å². The molecule has 2 aliphatic rings. The molecule has 0 radical (unpaired) electrons. The second kappa shape index (κ2) is 12.3. The Morgan fingerprint density at radius 2 is 1.81 bits per heavy atom. The molecule has 1 saturated carbocycles. The van der Waals surface area contributed by atoms with Crippen LogP contribution in [0.15, 0.2) is 48.5 Å². The lowest BCUT2D eigenvalue weighted by atomic mass is 9.87. The quantitative estimate of drug-likeness (QED) is 0.381. The van der Waals surface area contributed by atoms with Crippen molar-refractivity contribution in [3.8, 4) is 5.75 Å². The number of hydrogen-bond donors (Lipinski definition) is 1. The maximum Gasteiger partial charge on any atom is 0.416 e.